The second kappa shape index (κ2) is 9.78. The fraction of sp³-hybridized carbons (Fsp3) is 0.650. The second-order valence-corrected chi connectivity index (χ2v) is 7.19. The van der Waals surface area contributed by atoms with E-state index in [9.17, 15) is 4.79 Å². The summed E-state index contributed by atoms with van der Waals surface area (Å²) >= 11 is 0. The number of nitrogens with one attached hydrogen (secondary N) is 2. The van der Waals surface area contributed by atoms with Gasteiger partial charge in [-0.3, -0.25) is 9.69 Å². The zero-order chi connectivity index (χ0) is 17.3. The molecule has 5 heteroatoms. The van der Waals surface area contributed by atoms with E-state index in [1.54, 1.807) is 0 Å². The lowest BCUT2D eigenvalue weighted by Gasteiger charge is -2.27. The van der Waals surface area contributed by atoms with Crippen molar-refractivity contribution in [3.63, 3.8) is 0 Å². The van der Waals surface area contributed by atoms with Gasteiger partial charge >= 0.3 is 0 Å². The Balaban J connectivity index is 1.37. The lowest BCUT2D eigenvalue weighted by atomic mass is 9.90. The standard InChI is InChI=1S/C20H31N3O2/c24-20(22-12-15-23-13-10-21-11-14-23)18-6-8-19(9-7-18)25-16-17-4-2-1-3-5-17/h6-9,17,21H,1-5,10-16H2,(H,22,24). The number of carbonyl (C=O) groups is 1. The van der Waals surface area contributed by atoms with Crippen LogP contribution < -0.4 is 15.4 Å². The number of piperazine rings is 1. The van der Waals surface area contributed by atoms with Gasteiger partial charge in [-0.05, 0) is 43.0 Å². The van der Waals surface area contributed by atoms with E-state index in [4.69, 9.17) is 4.74 Å². The lowest BCUT2D eigenvalue weighted by molar-refractivity contribution is 0.0947. The Labute approximate surface area is 151 Å². The zero-order valence-corrected chi connectivity index (χ0v) is 15.1. The van der Waals surface area contributed by atoms with E-state index >= 15 is 0 Å². The van der Waals surface area contributed by atoms with Crippen molar-refractivity contribution >= 4 is 5.91 Å². The number of ether oxygens (including phenoxy) is 1. The number of benzene rings is 1. The van der Waals surface area contributed by atoms with E-state index in [1.165, 1.54) is 32.1 Å². The summed E-state index contributed by atoms with van der Waals surface area (Å²) in [6, 6.07) is 7.54. The van der Waals surface area contributed by atoms with E-state index < -0.39 is 0 Å². The predicted octanol–water partition coefficient (Wildman–Crippen LogP) is 2.28. The molecule has 1 saturated heterocycles. The van der Waals surface area contributed by atoms with Crippen molar-refractivity contribution in [1.82, 2.24) is 15.5 Å². The summed E-state index contributed by atoms with van der Waals surface area (Å²) in [4.78, 5) is 14.6. The first-order chi connectivity index (χ1) is 12.3. The molecule has 0 spiro atoms. The van der Waals surface area contributed by atoms with Crippen LogP contribution in [0.5, 0.6) is 5.75 Å². The topological polar surface area (TPSA) is 53.6 Å². The fourth-order valence-corrected chi connectivity index (χ4v) is 3.63. The van der Waals surface area contributed by atoms with Crippen LogP contribution in [0.2, 0.25) is 0 Å². The minimum absolute atomic E-state index is 0.00559. The molecule has 2 fully saturated rings. The quantitative estimate of drug-likeness (QED) is 0.796. The smallest absolute Gasteiger partial charge is 0.251 e. The van der Waals surface area contributed by atoms with Gasteiger partial charge in [-0.25, -0.2) is 0 Å². The highest BCUT2D eigenvalue weighted by Crippen LogP contribution is 2.24. The van der Waals surface area contributed by atoms with E-state index in [0.717, 1.165) is 45.1 Å². The van der Waals surface area contributed by atoms with Crippen LogP contribution in [0.25, 0.3) is 0 Å². The summed E-state index contributed by atoms with van der Waals surface area (Å²) in [5, 5.41) is 6.34. The van der Waals surface area contributed by atoms with E-state index in [0.29, 0.717) is 18.0 Å². The predicted molar refractivity (Wildman–Crippen MR) is 100 cm³/mol. The van der Waals surface area contributed by atoms with Gasteiger partial charge in [0.25, 0.3) is 5.91 Å². The molecule has 3 rings (SSSR count). The highest BCUT2D eigenvalue weighted by atomic mass is 16.5. The first-order valence-electron chi connectivity index (χ1n) is 9.75. The maximum absolute atomic E-state index is 12.2. The molecule has 2 aliphatic rings. The third kappa shape index (κ3) is 6.01. The first kappa shape index (κ1) is 18.2. The molecule has 1 aliphatic carbocycles. The molecule has 0 bridgehead atoms. The van der Waals surface area contributed by atoms with Gasteiger partial charge in [0.15, 0.2) is 0 Å². The molecule has 2 N–H and O–H groups in total. The molecule has 25 heavy (non-hydrogen) atoms. The Kier molecular flexibility index (Phi) is 7.12. The fourth-order valence-electron chi connectivity index (χ4n) is 3.63. The number of carbonyl (C=O) groups excluding carboxylic acids is 1. The average Bonchev–Trinajstić information content (AvgIpc) is 2.68. The summed E-state index contributed by atoms with van der Waals surface area (Å²) in [5.74, 6) is 1.55. The van der Waals surface area contributed by atoms with Crippen LogP contribution in [0, 0.1) is 5.92 Å². The zero-order valence-electron chi connectivity index (χ0n) is 15.1. The van der Waals surface area contributed by atoms with Gasteiger partial charge in [-0.15, -0.1) is 0 Å². The Bertz CT molecular complexity index is 520. The minimum atomic E-state index is -0.00559. The summed E-state index contributed by atoms with van der Waals surface area (Å²) < 4.78 is 5.90. The van der Waals surface area contributed by atoms with Crippen molar-refractivity contribution in [3.05, 3.63) is 29.8 Å². The Morgan fingerprint density at radius 3 is 2.56 bits per heavy atom. The summed E-state index contributed by atoms with van der Waals surface area (Å²) in [7, 11) is 0. The third-order valence-electron chi connectivity index (χ3n) is 5.25. The first-order valence-corrected chi connectivity index (χ1v) is 9.75. The summed E-state index contributed by atoms with van der Waals surface area (Å²) in [6.45, 7) is 6.60. The van der Waals surface area contributed by atoms with Crippen LogP contribution in [-0.2, 0) is 0 Å². The summed E-state index contributed by atoms with van der Waals surface area (Å²) in [6.07, 6.45) is 6.61. The molecule has 1 heterocycles. The Morgan fingerprint density at radius 2 is 1.84 bits per heavy atom. The van der Waals surface area contributed by atoms with Gasteiger partial charge in [0.05, 0.1) is 6.61 Å². The molecule has 1 amide bonds. The van der Waals surface area contributed by atoms with Gasteiger partial charge in [-0.2, -0.15) is 0 Å². The summed E-state index contributed by atoms with van der Waals surface area (Å²) in [5.41, 5.74) is 0.699. The molecule has 1 aliphatic heterocycles. The molecular formula is C20H31N3O2. The van der Waals surface area contributed by atoms with Crippen molar-refractivity contribution < 1.29 is 9.53 Å². The monoisotopic (exact) mass is 345 g/mol. The normalized spacial score (nSPS) is 19.5. The van der Waals surface area contributed by atoms with Crippen molar-refractivity contribution in [3.8, 4) is 5.75 Å². The van der Waals surface area contributed by atoms with E-state index in [-0.39, 0.29) is 5.91 Å². The van der Waals surface area contributed by atoms with Crippen LogP contribution in [0.1, 0.15) is 42.5 Å². The Morgan fingerprint density at radius 1 is 1.12 bits per heavy atom. The van der Waals surface area contributed by atoms with Gasteiger partial charge in [0.1, 0.15) is 5.75 Å². The van der Waals surface area contributed by atoms with Crippen LogP contribution in [0.15, 0.2) is 24.3 Å². The molecule has 1 saturated carbocycles. The number of rotatable bonds is 7. The maximum atomic E-state index is 12.2. The number of hydrogen-bond donors (Lipinski definition) is 2. The van der Waals surface area contributed by atoms with E-state index in [2.05, 4.69) is 15.5 Å². The van der Waals surface area contributed by atoms with Crippen molar-refractivity contribution in [2.24, 2.45) is 5.92 Å². The second-order valence-electron chi connectivity index (χ2n) is 7.19. The van der Waals surface area contributed by atoms with Crippen LogP contribution in [0.4, 0.5) is 0 Å². The highest BCUT2D eigenvalue weighted by Gasteiger charge is 2.14. The average molecular weight is 345 g/mol. The minimum Gasteiger partial charge on any atom is -0.493 e. The number of amides is 1. The van der Waals surface area contributed by atoms with Crippen molar-refractivity contribution in [2.45, 2.75) is 32.1 Å². The van der Waals surface area contributed by atoms with Gasteiger partial charge in [0.2, 0.25) is 0 Å². The molecular weight excluding hydrogens is 314 g/mol. The van der Waals surface area contributed by atoms with Crippen LogP contribution in [0.3, 0.4) is 0 Å². The van der Waals surface area contributed by atoms with Crippen LogP contribution in [-0.4, -0.2) is 56.7 Å². The molecule has 138 valence electrons. The Hall–Kier alpha value is -1.59. The van der Waals surface area contributed by atoms with Crippen molar-refractivity contribution in [1.29, 1.82) is 0 Å². The molecule has 1 aromatic rings. The number of nitrogens with zero attached hydrogens (tertiary/aromatic N) is 1. The molecule has 0 aromatic heterocycles. The molecule has 0 unspecified atom stereocenters. The molecule has 0 atom stereocenters. The van der Waals surface area contributed by atoms with E-state index in [1.807, 2.05) is 24.3 Å². The van der Waals surface area contributed by atoms with Crippen LogP contribution >= 0.6 is 0 Å². The molecule has 1 aromatic carbocycles. The van der Waals surface area contributed by atoms with Gasteiger partial charge in [-0.1, -0.05) is 19.3 Å². The molecule has 5 nitrogen and oxygen atoms in total. The largest absolute Gasteiger partial charge is 0.493 e. The van der Waals surface area contributed by atoms with Gasteiger partial charge in [0, 0.05) is 44.8 Å². The highest BCUT2D eigenvalue weighted by molar-refractivity contribution is 5.94. The van der Waals surface area contributed by atoms with Gasteiger partial charge < -0.3 is 15.4 Å². The molecule has 0 radical (unpaired) electrons. The van der Waals surface area contributed by atoms with Crippen molar-refractivity contribution in [2.75, 3.05) is 45.9 Å². The lowest BCUT2D eigenvalue weighted by Crippen LogP contribution is -2.46. The number of hydrogen-bond acceptors (Lipinski definition) is 4. The SMILES string of the molecule is O=C(NCCN1CCNCC1)c1ccc(OCC2CCCCC2)cc1. The maximum Gasteiger partial charge on any atom is 0.251 e. The third-order valence-corrected chi connectivity index (χ3v) is 5.25.